The number of alkyl halides is 3. The van der Waals surface area contributed by atoms with Crippen LogP contribution in [0, 0.1) is 0 Å². The fourth-order valence-corrected chi connectivity index (χ4v) is 3.92. The van der Waals surface area contributed by atoms with E-state index in [0.717, 1.165) is 27.4 Å². The first-order chi connectivity index (χ1) is 13.2. The topological polar surface area (TPSA) is 62.6 Å². The highest BCUT2D eigenvalue weighted by Crippen LogP contribution is 2.30. The predicted octanol–water partition coefficient (Wildman–Crippen LogP) is 3.97. The van der Waals surface area contributed by atoms with Gasteiger partial charge >= 0.3 is 6.18 Å². The Kier molecular flexibility index (Phi) is 8.20. The minimum atomic E-state index is -4.40. The summed E-state index contributed by atoms with van der Waals surface area (Å²) < 4.78 is 43.2. The number of aliphatic imine (C=N–C) groups is 1. The molecule has 156 valence electrons. The van der Waals surface area contributed by atoms with Crippen LogP contribution >= 0.6 is 22.7 Å². The zero-order valence-corrected chi connectivity index (χ0v) is 17.8. The molecule has 2 aromatic heterocycles. The Morgan fingerprint density at radius 3 is 2.68 bits per heavy atom. The Morgan fingerprint density at radius 2 is 2.07 bits per heavy atom. The highest BCUT2D eigenvalue weighted by Gasteiger charge is 2.33. The van der Waals surface area contributed by atoms with Crippen molar-refractivity contribution in [1.29, 1.82) is 0 Å². The zero-order valence-electron chi connectivity index (χ0n) is 16.2. The second-order valence-electron chi connectivity index (χ2n) is 6.02. The average molecular weight is 436 g/mol. The Morgan fingerprint density at radius 1 is 1.32 bits per heavy atom. The molecule has 1 N–H and O–H groups in total. The summed E-state index contributed by atoms with van der Waals surface area (Å²) in [6, 6.07) is 0. The molecule has 0 amide bonds. The molecule has 0 aromatic carbocycles. The molecule has 0 radical (unpaired) electrons. The number of nitrogens with zero attached hydrogens (tertiary/aromatic N) is 4. The second kappa shape index (κ2) is 10.2. The van der Waals surface area contributed by atoms with Crippen molar-refractivity contribution in [1.82, 2.24) is 20.2 Å². The molecule has 0 saturated heterocycles. The van der Waals surface area contributed by atoms with Crippen LogP contribution in [0.5, 0.6) is 0 Å². The van der Waals surface area contributed by atoms with Crippen LogP contribution in [0.1, 0.15) is 41.4 Å². The first kappa shape index (κ1) is 22.6. The number of halogens is 3. The van der Waals surface area contributed by atoms with E-state index in [1.54, 1.807) is 18.4 Å². The first-order valence-electron chi connectivity index (χ1n) is 8.72. The SMILES string of the molecule is CCNC(=NCCc1nc(C(F)(F)F)cs1)N(C)Cc1csc(C(C)OC)n1. The van der Waals surface area contributed by atoms with Crippen molar-refractivity contribution in [2.45, 2.75) is 39.1 Å². The van der Waals surface area contributed by atoms with Crippen molar-refractivity contribution in [3.05, 3.63) is 32.2 Å². The van der Waals surface area contributed by atoms with Crippen LogP contribution in [0.2, 0.25) is 0 Å². The highest BCUT2D eigenvalue weighted by molar-refractivity contribution is 7.10. The van der Waals surface area contributed by atoms with Gasteiger partial charge in [-0.05, 0) is 13.8 Å². The van der Waals surface area contributed by atoms with Gasteiger partial charge in [-0.1, -0.05) is 0 Å². The van der Waals surface area contributed by atoms with Crippen LogP contribution in [0.3, 0.4) is 0 Å². The van der Waals surface area contributed by atoms with E-state index >= 15 is 0 Å². The molecule has 0 saturated carbocycles. The second-order valence-corrected chi connectivity index (χ2v) is 7.85. The Bertz CT molecular complexity index is 775. The summed E-state index contributed by atoms with van der Waals surface area (Å²) in [6.07, 6.45) is -4.10. The molecule has 0 aliphatic heterocycles. The van der Waals surface area contributed by atoms with Gasteiger partial charge < -0.3 is 15.0 Å². The molecule has 28 heavy (non-hydrogen) atoms. The van der Waals surface area contributed by atoms with E-state index < -0.39 is 11.9 Å². The fraction of sp³-hybridized carbons (Fsp3) is 0.588. The number of ether oxygens (including phenoxy) is 1. The number of hydrogen-bond acceptors (Lipinski definition) is 6. The minimum absolute atomic E-state index is 0.0501. The van der Waals surface area contributed by atoms with Crippen LogP contribution < -0.4 is 5.32 Å². The number of guanidine groups is 1. The van der Waals surface area contributed by atoms with Crippen LogP contribution in [0.25, 0.3) is 0 Å². The van der Waals surface area contributed by atoms with E-state index in [0.29, 0.717) is 37.0 Å². The van der Waals surface area contributed by atoms with Crippen molar-refractivity contribution in [3.8, 4) is 0 Å². The third-order valence-electron chi connectivity index (χ3n) is 3.80. The maximum atomic E-state index is 12.6. The van der Waals surface area contributed by atoms with Gasteiger partial charge in [-0.3, -0.25) is 4.99 Å². The molecular weight excluding hydrogens is 411 g/mol. The molecule has 0 fully saturated rings. The minimum Gasteiger partial charge on any atom is -0.375 e. The molecule has 0 aliphatic rings. The molecule has 11 heteroatoms. The summed E-state index contributed by atoms with van der Waals surface area (Å²) in [5.74, 6) is 0.671. The Labute approximate surface area is 170 Å². The zero-order chi connectivity index (χ0) is 20.7. The average Bonchev–Trinajstić information content (AvgIpc) is 3.29. The molecule has 2 rings (SSSR count). The number of aromatic nitrogens is 2. The number of methoxy groups -OCH3 is 1. The molecule has 1 atom stereocenters. The smallest absolute Gasteiger partial charge is 0.375 e. The van der Waals surface area contributed by atoms with Gasteiger partial charge in [0, 0.05) is 44.4 Å². The van der Waals surface area contributed by atoms with Crippen LogP contribution in [0.15, 0.2) is 15.8 Å². The maximum absolute atomic E-state index is 12.6. The van der Waals surface area contributed by atoms with Crippen molar-refractivity contribution in [3.63, 3.8) is 0 Å². The van der Waals surface area contributed by atoms with E-state index in [2.05, 4.69) is 20.3 Å². The summed E-state index contributed by atoms with van der Waals surface area (Å²) in [5.41, 5.74) is 0.0665. The number of thiazole rings is 2. The summed E-state index contributed by atoms with van der Waals surface area (Å²) in [4.78, 5) is 14.6. The molecule has 0 aliphatic carbocycles. The highest BCUT2D eigenvalue weighted by atomic mass is 32.1. The number of rotatable bonds is 8. The standard InChI is InChI=1S/C17H24F3N5OS2/c1-5-21-16(22-7-6-14-24-13(10-27-14)17(18,19)20)25(3)8-12-9-28-15(23-12)11(2)26-4/h9-11H,5-8H2,1-4H3,(H,21,22). The molecular formula is C17H24F3N5OS2. The van der Waals surface area contributed by atoms with Crippen molar-refractivity contribution in [2.24, 2.45) is 4.99 Å². The molecule has 2 heterocycles. The third-order valence-corrected chi connectivity index (χ3v) is 5.76. The lowest BCUT2D eigenvalue weighted by atomic mass is 10.4. The van der Waals surface area contributed by atoms with Gasteiger partial charge in [-0.2, -0.15) is 13.2 Å². The summed E-state index contributed by atoms with van der Waals surface area (Å²) in [6.45, 7) is 5.50. The van der Waals surface area contributed by atoms with Crippen molar-refractivity contribution >= 4 is 28.6 Å². The number of nitrogens with one attached hydrogen (secondary N) is 1. The summed E-state index contributed by atoms with van der Waals surface area (Å²) >= 11 is 2.55. The van der Waals surface area contributed by atoms with Gasteiger partial charge in [-0.25, -0.2) is 9.97 Å². The normalized spacial score (nSPS) is 13.6. The predicted molar refractivity (Wildman–Crippen MR) is 106 cm³/mol. The summed E-state index contributed by atoms with van der Waals surface area (Å²) in [5, 5.41) is 7.55. The van der Waals surface area contributed by atoms with Gasteiger partial charge in [0.25, 0.3) is 0 Å². The molecule has 2 aromatic rings. The molecule has 0 bridgehead atoms. The monoisotopic (exact) mass is 435 g/mol. The molecule has 1 unspecified atom stereocenters. The Hall–Kier alpha value is -1.72. The molecule has 0 spiro atoms. The van der Waals surface area contributed by atoms with Crippen molar-refractivity contribution < 1.29 is 17.9 Å². The molecule has 6 nitrogen and oxygen atoms in total. The fourth-order valence-electron chi connectivity index (χ4n) is 2.28. The van der Waals surface area contributed by atoms with Gasteiger partial charge in [0.05, 0.1) is 17.2 Å². The van der Waals surface area contributed by atoms with Gasteiger partial charge in [0.2, 0.25) is 0 Å². The van der Waals surface area contributed by atoms with Crippen molar-refractivity contribution in [2.75, 3.05) is 27.2 Å². The maximum Gasteiger partial charge on any atom is 0.434 e. The lowest BCUT2D eigenvalue weighted by Gasteiger charge is -2.21. The van der Waals surface area contributed by atoms with Gasteiger partial charge in [0.15, 0.2) is 11.7 Å². The van der Waals surface area contributed by atoms with E-state index in [4.69, 9.17) is 4.74 Å². The quantitative estimate of drug-likeness (QED) is 0.502. The van der Waals surface area contributed by atoms with E-state index in [1.165, 1.54) is 0 Å². The van der Waals surface area contributed by atoms with Crippen LogP contribution in [-0.2, 0) is 23.9 Å². The Balaban J connectivity index is 1.97. The lowest BCUT2D eigenvalue weighted by Crippen LogP contribution is -2.38. The van der Waals surface area contributed by atoms with E-state index in [9.17, 15) is 13.2 Å². The largest absolute Gasteiger partial charge is 0.434 e. The van der Waals surface area contributed by atoms with E-state index in [1.807, 2.05) is 31.2 Å². The van der Waals surface area contributed by atoms with Crippen LogP contribution in [-0.4, -0.2) is 48.1 Å². The summed E-state index contributed by atoms with van der Waals surface area (Å²) in [7, 11) is 3.54. The van der Waals surface area contributed by atoms with Gasteiger partial charge in [-0.15, -0.1) is 22.7 Å². The number of hydrogen-bond donors (Lipinski definition) is 1. The van der Waals surface area contributed by atoms with E-state index in [-0.39, 0.29) is 6.10 Å². The lowest BCUT2D eigenvalue weighted by molar-refractivity contribution is -0.140. The third kappa shape index (κ3) is 6.42. The van der Waals surface area contributed by atoms with Gasteiger partial charge in [0.1, 0.15) is 11.1 Å². The first-order valence-corrected chi connectivity index (χ1v) is 10.5. The van der Waals surface area contributed by atoms with Crippen LogP contribution in [0.4, 0.5) is 13.2 Å².